The van der Waals surface area contributed by atoms with E-state index in [1.54, 1.807) is 7.11 Å². The van der Waals surface area contributed by atoms with Crippen molar-refractivity contribution in [1.82, 2.24) is 14.8 Å². The maximum Gasteiger partial charge on any atom is 0.227 e. The second-order valence-corrected chi connectivity index (χ2v) is 7.51. The molecule has 0 radical (unpaired) electrons. The summed E-state index contributed by atoms with van der Waals surface area (Å²) in [6, 6.07) is 8.03. The normalized spacial score (nSPS) is 16.4. The van der Waals surface area contributed by atoms with Crippen LogP contribution in [0.15, 0.2) is 29.4 Å². The molecule has 1 saturated heterocycles. The van der Waals surface area contributed by atoms with Crippen LogP contribution in [0, 0.1) is 0 Å². The van der Waals surface area contributed by atoms with Crippen LogP contribution in [0.25, 0.3) is 5.69 Å². The predicted octanol–water partition coefficient (Wildman–Crippen LogP) is 0.983. The zero-order chi connectivity index (χ0) is 18.5. The van der Waals surface area contributed by atoms with Gasteiger partial charge in [0.15, 0.2) is 11.0 Å². The van der Waals surface area contributed by atoms with Crippen molar-refractivity contribution < 1.29 is 14.4 Å². The number of primary amides is 1. The summed E-state index contributed by atoms with van der Waals surface area (Å²) in [5, 5.41) is 9.51. The Labute approximate surface area is 157 Å². The third-order valence-electron chi connectivity index (χ3n) is 4.83. The maximum absolute atomic E-state index is 11.2. The Kier molecular flexibility index (Phi) is 6.16. The Bertz CT molecular complexity index is 741. The summed E-state index contributed by atoms with van der Waals surface area (Å²) in [5.41, 5.74) is 6.27. The van der Waals surface area contributed by atoms with Gasteiger partial charge < -0.3 is 15.4 Å². The molecule has 0 spiro atoms. The molecule has 0 aliphatic carbocycles. The molecule has 1 aromatic carbocycles. The van der Waals surface area contributed by atoms with Crippen molar-refractivity contribution in [2.75, 3.05) is 26.0 Å². The number of amides is 1. The highest BCUT2D eigenvalue weighted by molar-refractivity contribution is 7.99. The molecule has 140 valence electrons. The third kappa shape index (κ3) is 4.19. The quantitative estimate of drug-likeness (QED) is 0.704. The molecule has 0 bridgehead atoms. The van der Waals surface area contributed by atoms with E-state index in [-0.39, 0.29) is 17.7 Å². The highest BCUT2D eigenvalue weighted by Crippen LogP contribution is 2.25. The molecule has 3 N–H and O–H groups in total. The number of piperidine rings is 1. The lowest BCUT2D eigenvalue weighted by molar-refractivity contribution is -0.935. The second kappa shape index (κ2) is 8.55. The van der Waals surface area contributed by atoms with Crippen molar-refractivity contribution in [3.63, 3.8) is 0 Å². The standard InChI is InChI=1S/C18H25N5O2S/c1-13(22-10-4-3-5-11-22)17-20-21-18(26-12-16(19)24)23(17)14-6-8-15(25-2)9-7-14/h6-9,13H,3-5,10-12H2,1-2H3,(H2,19,24)/p+1/t13-/m1/s1. The summed E-state index contributed by atoms with van der Waals surface area (Å²) in [5.74, 6) is 1.53. The number of nitrogens with one attached hydrogen (secondary N) is 1. The Hall–Kier alpha value is -2.06. The van der Waals surface area contributed by atoms with E-state index in [1.807, 2.05) is 28.8 Å². The summed E-state index contributed by atoms with van der Waals surface area (Å²) < 4.78 is 7.30. The zero-order valence-electron chi connectivity index (χ0n) is 15.3. The number of ether oxygens (including phenoxy) is 1. The molecule has 1 fully saturated rings. The Morgan fingerprint density at radius 2 is 1.96 bits per heavy atom. The zero-order valence-corrected chi connectivity index (χ0v) is 16.1. The molecule has 1 amide bonds. The van der Waals surface area contributed by atoms with Crippen LogP contribution >= 0.6 is 11.8 Å². The van der Waals surface area contributed by atoms with E-state index < -0.39 is 0 Å². The number of carbonyl (C=O) groups excluding carboxylic acids is 1. The van der Waals surface area contributed by atoms with Crippen LogP contribution in [0.1, 0.15) is 38.1 Å². The number of methoxy groups -OCH3 is 1. The van der Waals surface area contributed by atoms with Crippen LogP contribution in [0.3, 0.4) is 0 Å². The molecule has 0 unspecified atom stereocenters. The highest BCUT2D eigenvalue weighted by atomic mass is 32.2. The number of hydrogen-bond donors (Lipinski definition) is 2. The Balaban J connectivity index is 1.95. The fourth-order valence-electron chi connectivity index (χ4n) is 3.39. The molecule has 1 atom stereocenters. The summed E-state index contributed by atoms with van der Waals surface area (Å²) >= 11 is 1.32. The van der Waals surface area contributed by atoms with E-state index >= 15 is 0 Å². The average molecular weight is 377 g/mol. The van der Waals surface area contributed by atoms with Gasteiger partial charge in [0, 0.05) is 5.69 Å². The molecule has 2 heterocycles. The molecule has 3 rings (SSSR count). The molecule has 26 heavy (non-hydrogen) atoms. The lowest BCUT2D eigenvalue weighted by Gasteiger charge is -2.29. The van der Waals surface area contributed by atoms with Gasteiger partial charge in [-0.1, -0.05) is 11.8 Å². The molecule has 1 aliphatic rings. The van der Waals surface area contributed by atoms with Crippen LogP contribution in [-0.2, 0) is 4.79 Å². The van der Waals surface area contributed by atoms with E-state index in [2.05, 4.69) is 17.1 Å². The number of nitrogens with two attached hydrogens (primary N) is 1. The SMILES string of the molecule is COc1ccc(-n2c(SCC(N)=O)nnc2[C@@H](C)[NH+]2CCCCC2)cc1. The molecule has 8 heteroatoms. The summed E-state index contributed by atoms with van der Waals surface area (Å²) in [6.45, 7) is 4.51. The number of hydrogen-bond acceptors (Lipinski definition) is 5. The van der Waals surface area contributed by atoms with Crippen molar-refractivity contribution in [3.05, 3.63) is 30.1 Å². The number of quaternary nitrogens is 1. The van der Waals surface area contributed by atoms with Crippen LogP contribution < -0.4 is 15.4 Å². The summed E-state index contributed by atoms with van der Waals surface area (Å²) in [7, 11) is 1.65. The molecule has 7 nitrogen and oxygen atoms in total. The van der Waals surface area contributed by atoms with Gasteiger partial charge in [-0.3, -0.25) is 9.36 Å². The van der Waals surface area contributed by atoms with E-state index in [4.69, 9.17) is 10.5 Å². The van der Waals surface area contributed by atoms with Crippen LogP contribution in [-0.4, -0.2) is 46.6 Å². The summed E-state index contributed by atoms with van der Waals surface area (Å²) in [4.78, 5) is 12.7. The first-order valence-corrected chi connectivity index (χ1v) is 9.94. The van der Waals surface area contributed by atoms with Crippen LogP contribution in [0.2, 0.25) is 0 Å². The van der Waals surface area contributed by atoms with Crippen molar-refractivity contribution in [2.24, 2.45) is 5.73 Å². The van der Waals surface area contributed by atoms with Gasteiger partial charge in [-0.05, 0) is 50.5 Å². The fourth-order valence-corrected chi connectivity index (χ4v) is 4.08. The van der Waals surface area contributed by atoms with Gasteiger partial charge in [0.05, 0.1) is 26.0 Å². The molecular weight excluding hydrogens is 350 g/mol. The largest absolute Gasteiger partial charge is 0.497 e. The predicted molar refractivity (Wildman–Crippen MR) is 101 cm³/mol. The van der Waals surface area contributed by atoms with E-state index in [0.29, 0.717) is 5.16 Å². The average Bonchev–Trinajstić information content (AvgIpc) is 3.10. The monoisotopic (exact) mass is 376 g/mol. The second-order valence-electron chi connectivity index (χ2n) is 6.57. The smallest absolute Gasteiger partial charge is 0.227 e. The lowest BCUT2D eigenvalue weighted by atomic mass is 10.1. The number of aromatic nitrogens is 3. The van der Waals surface area contributed by atoms with Crippen molar-refractivity contribution in [2.45, 2.75) is 37.4 Å². The lowest BCUT2D eigenvalue weighted by Crippen LogP contribution is -3.12. The molecule has 0 saturated carbocycles. The number of nitrogens with zero attached hydrogens (tertiary/aromatic N) is 3. The number of rotatable bonds is 7. The number of likely N-dealkylation sites (tertiary alicyclic amines) is 1. The highest BCUT2D eigenvalue weighted by Gasteiger charge is 2.28. The van der Waals surface area contributed by atoms with E-state index in [0.717, 1.165) is 30.4 Å². The molecule has 2 aromatic rings. The van der Waals surface area contributed by atoms with Gasteiger partial charge in [0.1, 0.15) is 11.8 Å². The topological polar surface area (TPSA) is 87.5 Å². The minimum atomic E-state index is -0.365. The van der Waals surface area contributed by atoms with Crippen molar-refractivity contribution in [3.8, 4) is 11.4 Å². The molecule has 1 aliphatic heterocycles. The van der Waals surface area contributed by atoms with Gasteiger partial charge in [0.25, 0.3) is 0 Å². The summed E-state index contributed by atoms with van der Waals surface area (Å²) in [6.07, 6.45) is 3.81. The number of benzene rings is 1. The molecular formula is C18H26N5O2S+. The van der Waals surface area contributed by atoms with Gasteiger partial charge in [-0.15, -0.1) is 10.2 Å². The Morgan fingerprint density at radius 3 is 2.58 bits per heavy atom. The molecule has 1 aromatic heterocycles. The van der Waals surface area contributed by atoms with Gasteiger partial charge in [0.2, 0.25) is 5.91 Å². The van der Waals surface area contributed by atoms with Crippen molar-refractivity contribution >= 4 is 17.7 Å². The number of carbonyl (C=O) groups is 1. The fraction of sp³-hybridized carbons (Fsp3) is 0.500. The minimum absolute atomic E-state index is 0.180. The van der Waals surface area contributed by atoms with Gasteiger partial charge >= 0.3 is 0 Å². The van der Waals surface area contributed by atoms with Gasteiger partial charge in [-0.25, -0.2) is 0 Å². The first-order valence-electron chi connectivity index (χ1n) is 8.95. The van der Waals surface area contributed by atoms with Crippen LogP contribution in [0.5, 0.6) is 5.75 Å². The Morgan fingerprint density at radius 1 is 1.27 bits per heavy atom. The van der Waals surface area contributed by atoms with Crippen molar-refractivity contribution in [1.29, 1.82) is 0 Å². The first-order chi connectivity index (χ1) is 12.6. The first kappa shape index (κ1) is 18.7. The maximum atomic E-state index is 11.2. The van der Waals surface area contributed by atoms with E-state index in [1.165, 1.54) is 35.9 Å². The van der Waals surface area contributed by atoms with E-state index in [9.17, 15) is 4.79 Å². The number of thioether (sulfide) groups is 1. The minimum Gasteiger partial charge on any atom is -0.497 e. The third-order valence-corrected chi connectivity index (χ3v) is 5.78. The van der Waals surface area contributed by atoms with Crippen LogP contribution in [0.4, 0.5) is 0 Å². The van der Waals surface area contributed by atoms with Gasteiger partial charge in [-0.2, -0.15) is 0 Å².